The molecular weight excluding hydrogens is 340 g/mol. The first-order valence-electron chi connectivity index (χ1n) is 9.24. The Hall–Kier alpha value is -0.860. The molecule has 0 saturated heterocycles. The number of benzene rings is 2. The van der Waals surface area contributed by atoms with Crippen molar-refractivity contribution in [2.24, 2.45) is 0 Å². The third kappa shape index (κ3) is 4.65. The third-order valence-corrected chi connectivity index (χ3v) is 6.16. The van der Waals surface area contributed by atoms with E-state index >= 15 is 0 Å². The van der Waals surface area contributed by atoms with Gasteiger partial charge in [-0.2, -0.15) is 25.3 Å². The highest BCUT2D eigenvalue weighted by molar-refractivity contribution is 7.81. The van der Waals surface area contributed by atoms with Gasteiger partial charge in [-0.3, -0.25) is 0 Å². The lowest BCUT2D eigenvalue weighted by molar-refractivity contribution is 0.637. The van der Waals surface area contributed by atoms with Crippen LogP contribution in [0.4, 0.5) is 0 Å². The van der Waals surface area contributed by atoms with Gasteiger partial charge in [0.1, 0.15) is 0 Å². The van der Waals surface area contributed by atoms with Crippen molar-refractivity contribution in [3.8, 4) is 0 Å². The molecule has 0 bridgehead atoms. The van der Waals surface area contributed by atoms with Crippen LogP contribution in [0.15, 0.2) is 36.4 Å². The van der Waals surface area contributed by atoms with Gasteiger partial charge in [-0.15, -0.1) is 0 Å². The fourth-order valence-corrected chi connectivity index (χ4v) is 3.85. The van der Waals surface area contributed by atoms with E-state index in [1.807, 2.05) is 0 Å². The highest BCUT2D eigenvalue weighted by atomic mass is 32.1. The summed E-state index contributed by atoms with van der Waals surface area (Å²) in [6.45, 7) is 13.4. The predicted molar refractivity (Wildman–Crippen MR) is 119 cm³/mol. The van der Waals surface area contributed by atoms with E-state index in [2.05, 4.69) is 90.6 Å². The normalized spacial score (nSPS) is 14.4. The van der Waals surface area contributed by atoms with Crippen molar-refractivity contribution in [2.75, 3.05) is 0 Å². The molecule has 0 heterocycles. The van der Waals surface area contributed by atoms with Crippen LogP contribution in [0.5, 0.6) is 0 Å². The molecule has 2 atom stereocenters. The zero-order valence-corrected chi connectivity index (χ0v) is 18.2. The van der Waals surface area contributed by atoms with Crippen LogP contribution in [0.3, 0.4) is 0 Å². The van der Waals surface area contributed by atoms with Crippen molar-refractivity contribution < 1.29 is 0 Å². The van der Waals surface area contributed by atoms with Gasteiger partial charge in [0.05, 0.1) is 0 Å². The molecule has 136 valence electrons. The highest BCUT2D eigenvalue weighted by Crippen LogP contribution is 2.36. The Morgan fingerprint density at radius 3 is 2.04 bits per heavy atom. The molecule has 2 aromatic rings. The first-order chi connectivity index (χ1) is 11.7. The van der Waals surface area contributed by atoms with Crippen LogP contribution in [0, 0.1) is 13.8 Å². The number of thiol groups is 2. The smallest absolute Gasteiger partial charge is 0.0267 e. The summed E-state index contributed by atoms with van der Waals surface area (Å²) >= 11 is 9.36. The maximum absolute atomic E-state index is 4.78. The van der Waals surface area contributed by atoms with Gasteiger partial charge in [0.15, 0.2) is 0 Å². The minimum atomic E-state index is -0.0357. The lowest BCUT2D eigenvalue weighted by Gasteiger charge is -2.29. The van der Waals surface area contributed by atoms with Crippen molar-refractivity contribution in [2.45, 2.75) is 70.3 Å². The summed E-state index contributed by atoms with van der Waals surface area (Å²) in [6.07, 6.45) is 2.05. The van der Waals surface area contributed by atoms with E-state index in [1.165, 1.54) is 33.4 Å². The van der Waals surface area contributed by atoms with E-state index in [-0.39, 0.29) is 5.41 Å². The third-order valence-electron chi connectivity index (χ3n) is 5.33. The monoisotopic (exact) mass is 372 g/mol. The molecule has 2 rings (SSSR count). The molecule has 0 aliphatic heterocycles. The number of hydrogen-bond acceptors (Lipinski definition) is 2. The summed E-state index contributed by atoms with van der Waals surface area (Å²) in [7, 11) is 0. The summed E-state index contributed by atoms with van der Waals surface area (Å²) in [5.41, 5.74) is 8.12. The maximum atomic E-state index is 4.78. The minimum absolute atomic E-state index is 0.0357. The first kappa shape index (κ1) is 20.5. The zero-order chi connectivity index (χ0) is 18.8. The highest BCUT2D eigenvalue weighted by Gasteiger charge is 2.25. The van der Waals surface area contributed by atoms with Gasteiger partial charge < -0.3 is 0 Å². The summed E-state index contributed by atoms with van der Waals surface area (Å²) in [4.78, 5) is 0. The van der Waals surface area contributed by atoms with Crippen molar-refractivity contribution in [3.63, 3.8) is 0 Å². The molecule has 0 fully saturated rings. The number of rotatable bonds is 6. The molecular formula is C23H32S2. The van der Waals surface area contributed by atoms with Gasteiger partial charge in [0.2, 0.25) is 0 Å². The van der Waals surface area contributed by atoms with E-state index in [4.69, 9.17) is 12.6 Å². The van der Waals surface area contributed by atoms with Crippen LogP contribution in [-0.2, 0) is 11.8 Å². The van der Waals surface area contributed by atoms with E-state index < -0.39 is 0 Å². The van der Waals surface area contributed by atoms with Crippen molar-refractivity contribution in [1.82, 2.24) is 0 Å². The fourth-order valence-electron chi connectivity index (χ4n) is 3.37. The molecule has 25 heavy (non-hydrogen) atoms. The molecule has 0 saturated carbocycles. The standard InChI is InChI=1S/C23H32S2/c1-7-22(25)21-14-20(11-9-16(21)3)23(5,6)19-10-8-15(2)18(13-19)12-17(4)24/h8-11,13-14,17,22,24-25H,7,12H2,1-6H3. The largest absolute Gasteiger partial charge is 0.176 e. The van der Waals surface area contributed by atoms with E-state index in [0.717, 1.165) is 12.8 Å². The summed E-state index contributed by atoms with van der Waals surface area (Å²) in [5.74, 6) is 0. The van der Waals surface area contributed by atoms with Crippen LogP contribution < -0.4 is 0 Å². The Morgan fingerprint density at radius 2 is 1.48 bits per heavy atom. The second-order valence-electron chi connectivity index (χ2n) is 7.81. The molecule has 2 unspecified atom stereocenters. The van der Waals surface area contributed by atoms with E-state index in [0.29, 0.717) is 10.5 Å². The van der Waals surface area contributed by atoms with Gasteiger partial charge in [-0.05, 0) is 60.1 Å². The molecule has 0 N–H and O–H groups in total. The SMILES string of the molecule is CCC(S)c1cc(C(C)(C)c2ccc(C)c(CC(C)S)c2)ccc1C. The molecule has 0 aromatic heterocycles. The van der Waals surface area contributed by atoms with Crippen LogP contribution >= 0.6 is 25.3 Å². The molecule has 0 radical (unpaired) electrons. The lowest BCUT2D eigenvalue weighted by Crippen LogP contribution is -2.20. The number of hydrogen-bond donors (Lipinski definition) is 2. The van der Waals surface area contributed by atoms with Gasteiger partial charge in [-0.1, -0.05) is 64.1 Å². The zero-order valence-electron chi connectivity index (χ0n) is 16.4. The molecule has 0 spiro atoms. The molecule has 2 aromatic carbocycles. The molecule has 0 aliphatic rings. The Bertz CT molecular complexity index is 729. The lowest BCUT2D eigenvalue weighted by atomic mass is 9.76. The first-order valence-corrected chi connectivity index (χ1v) is 10.3. The van der Waals surface area contributed by atoms with Gasteiger partial charge in [0, 0.05) is 15.9 Å². The van der Waals surface area contributed by atoms with Gasteiger partial charge >= 0.3 is 0 Å². The summed E-state index contributed by atoms with van der Waals surface area (Å²) in [6, 6.07) is 13.8. The van der Waals surface area contributed by atoms with Crippen LogP contribution in [0.1, 0.15) is 72.7 Å². The maximum Gasteiger partial charge on any atom is 0.0267 e. The van der Waals surface area contributed by atoms with Crippen molar-refractivity contribution in [3.05, 3.63) is 69.8 Å². The number of aryl methyl sites for hydroxylation is 2. The Labute approximate surface area is 165 Å². The quantitative estimate of drug-likeness (QED) is 0.508. The summed E-state index contributed by atoms with van der Waals surface area (Å²) < 4.78 is 0. The summed E-state index contributed by atoms with van der Waals surface area (Å²) in [5, 5.41) is 0.673. The Balaban J connectivity index is 2.48. The minimum Gasteiger partial charge on any atom is -0.176 e. The fraction of sp³-hybridized carbons (Fsp3) is 0.478. The van der Waals surface area contributed by atoms with Crippen LogP contribution in [-0.4, -0.2) is 5.25 Å². The second kappa shape index (κ2) is 8.22. The molecule has 2 heteroatoms. The Morgan fingerprint density at radius 1 is 0.920 bits per heavy atom. The molecule has 0 aliphatic carbocycles. The van der Waals surface area contributed by atoms with Gasteiger partial charge in [-0.25, -0.2) is 0 Å². The average molecular weight is 373 g/mol. The van der Waals surface area contributed by atoms with E-state index in [1.54, 1.807) is 0 Å². The average Bonchev–Trinajstić information content (AvgIpc) is 2.55. The topological polar surface area (TPSA) is 0 Å². The van der Waals surface area contributed by atoms with Crippen LogP contribution in [0.25, 0.3) is 0 Å². The van der Waals surface area contributed by atoms with Gasteiger partial charge in [0.25, 0.3) is 0 Å². The van der Waals surface area contributed by atoms with Crippen molar-refractivity contribution >= 4 is 25.3 Å². The van der Waals surface area contributed by atoms with E-state index in [9.17, 15) is 0 Å². The van der Waals surface area contributed by atoms with Crippen molar-refractivity contribution in [1.29, 1.82) is 0 Å². The Kier molecular flexibility index (Phi) is 6.73. The predicted octanol–water partition coefficient (Wildman–Crippen LogP) is 6.87. The molecule has 0 amide bonds. The molecule has 0 nitrogen and oxygen atoms in total. The van der Waals surface area contributed by atoms with Crippen LogP contribution in [0.2, 0.25) is 0 Å². The second-order valence-corrected chi connectivity index (χ2v) is 9.32.